The molecule has 0 fully saturated rings. The van der Waals surface area contributed by atoms with Gasteiger partial charge in [0.25, 0.3) is 0 Å². The molecule has 1 aromatic carbocycles. The predicted octanol–water partition coefficient (Wildman–Crippen LogP) is 2.98. The molecule has 0 bridgehead atoms. The van der Waals surface area contributed by atoms with Crippen molar-refractivity contribution in [2.24, 2.45) is 0 Å². The normalized spacial score (nSPS) is 8.88. The molecule has 0 aliphatic heterocycles. The van der Waals surface area contributed by atoms with Gasteiger partial charge in [-0.1, -0.05) is 17.7 Å². The van der Waals surface area contributed by atoms with Crippen molar-refractivity contribution in [3.63, 3.8) is 0 Å². The minimum atomic E-state index is -0.813. The summed E-state index contributed by atoms with van der Waals surface area (Å²) in [5.41, 5.74) is 0.222. The number of hydrogen-bond acceptors (Lipinski definition) is 3. The SMILES string of the molecule is O=C(OO)c1cccc(Cl)c1.c1cc[nH]c1. The molecule has 5 heteroatoms. The quantitative estimate of drug-likeness (QED) is 0.594. The maximum Gasteiger partial charge on any atom is 0.372 e. The van der Waals surface area contributed by atoms with Crippen LogP contribution in [-0.2, 0) is 4.89 Å². The fourth-order valence-corrected chi connectivity index (χ4v) is 1.14. The molecule has 2 aromatic rings. The Morgan fingerprint density at radius 1 is 1.25 bits per heavy atom. The number of H-pyrrole nitrogens is 1. The zero-order chi connectivity index (χ0) is 11.8. The molecule has 0 saturated carbocycles. The summed E-state index contributed by atoms with van der Waals surface area (Å²) in [6, 6.07) is 9.99. The molecule has 0 unspecified atom stereocenters. The van der Waals surface area contributed by atoms with E-state index in [1.54, 1.807) is 12.1 Å². The highest BCUT2D eigenvalue weighted by molar-refractivity contribution is 6.30. The fourth-order valence-electron chi connectivity index (χ4n) is 0.946. The third-order valence-electron chi connectivity index (χ3n) is 1.64. The van der Waals surface area contributed by atoms with Gasteiger partial charge in [0, 0.05) is 17.4 Å². The van der Waals surface area contributed by atoms with E-state index in [0.29, 0.717) is 5.02 Å². The highest BCUT2D eigenvalue weighted by Gasteiger charge is 2.05. The van der Waals surface area contributed by atoms with E-state index < -0.39 is 5.97 Å². The fraction of sp³-hybridized carbons (Fsp3) is 0. The van der Waals surface area contributed by atoms with Crippen LogP contribution in [-0.4, -0.2) is 16.2 Å². The van der Waals surface area contributed by atoms with E-state index in [-0.39, 0.29) is 5.56 Å². The molecule has 0 saturated heterocycles. The van der Waals surface area contributed by atoms with Crippen molar-refractivity contribution in [3.05, 3.63) is 59.4 Å². The summed E-state index contributed by atoms with van der Waals surface area (Å²) in [7, 11) is 0. The largest absolute Gasteiger partial charge is 0.372 e. The van der Waals surface area contributed by atoms with E-state index in [1.165, 1.54) is 12.1 Å². The topological polar surface area (TPSA) is 62.3 Å². The summed E-state index contributed by atoms with van der Waals surface area (Å²) < 4.78 is 0. The molecule has 0 aliphatic carbocycles. The van der Waals surface area contributed by atoms with Gasteiger partial charge < -0.3 is 4.98 Å². The summed E-state index contributed by atoms with van der Waals surface area (Å²) in [6.07, 6.45) is 3.75. The lowest BCUT2D eigenvalue weighted by molar-refractivity contribution is -0.182. The number of nitrogens with one attached hydrogen (secondary N) is 1. The average Bonchev–Trinajstić information content (AvgIpc) is 2.86. The Bertz CT molecular complexity index is 411. The Kier molecular flexibility index (Phi) is 5.11. The second-order valence-electron chi connectivity index (χ2n) is 2.77. The van der Waals surface area contributed by atoms with Gasteiger partial charge in [-0.3, -0.25) is 4.89 Å². The number of aromatic amines is 1. The van der Waals surface area contributed by atoms with Crippen molar-refractivity contribution >= 4 is 17.6 Å². The van der Waals surface area contributed by atoms with Crippen LogP contribution in [0, 0.1) is 0 Å². The van der Waals surface area contributed by atoms with Gasteiger partial charge in [0.15, 0.2) is 0 Å². The monoisotopic (exact) mass is 239 g/mol. The van der Waals surface area contributed by atoms with Gasteiger partial charge in [0.2, 0.25) is 0 Å². The molecule has 16 heavy (non-hydrogen) atoms. The summed E-state index contributed by atoms with van der Waals surface area (Å²) in [4.78, 5) is 17.0. The molecule has 0 atom stereocenters. The number of aromatic nitrogens is 1. The molecule has 0 aliphatic rings. The molecular weight excluding hydrogens is 230 g/mol. The maximum absolute atomic E-state index is 10.6. The van der Waals surface area contributed by atoms with Gasteiger partial charge in [-0.25, -0.2) is 4.79 Å². The lowest BCUT2D eigenvalue weighted by Crippen LogP contribution is -2.00. The average molecular weight is 240 g/mol. The van der Waals surface area contributed by atoms with E-state index in [9.17, 15) is 4.79 Å². The lowest BCUT2D eigenvalue weighted by atomic mass is 10.2. The van der Waals surface area contributed by atoms with Crippen LogP contribution in [0.3, 0.4) is 0 Å². The van der Waals surface area contributed by atoms with E-state index in [1.807, 2.05) is 24.5 Å². The molecule has 4 nitrogen and oxygen atoms in total. The first-order chi connectivity index (χ1) is 7.74. The van der Waals surface area contributed by atoms with Crippen LogP contribution in [0.5, 0.6) is 0 Å². The first-order valence-electron chi connectivity index (χ1n) is 4.43. The van der Waals surface area contributed by atoms with Gasteiger partial charge in [0.1, 0.15) is 0 Å². The van der Waals surface area contributed by atoms with E-state index in [2.05, 4.69) is 9.87 Å². The van der Waals surface area contributed by atoms with Gasteiger partial charge in [0.05, 0.1) is 5.56 Å². The van der Waals surface area contributed by atoms with Gasteiger partial charge in [-0.05, 0) is 30.3 Å². The Morgan fingerprint density at radius 3 is 2.38 bits per heavy atom. The van der Waals surface area contributed by atoms with E-state index in [4.69, 9.17) is 16.9 Å². The predicted molar refractivity (Wildman–Crippen MR) is 60.3 cm³/mol. The number of hydrogen-bond donors (Lipinski definition) is 2. The molecule has 84 valence electrons. The number of carbonyl (C=O) groups is 1. The van der Waals surface area contributed by atoms with Crippen LogP contribution in [0.15, 0.2) is 48.8 Å². The zero-order valence-electron chi connectivity index (χ0n) is 8.26. The molecule has 1 aromatic heterocycles. The number of rotatable bonds is 1. The molecule has 0 amide bonds. The van der Waals surface area contributed by atoms with E-state index in [0.717, 1.165) is 0 Å². The Labute approximate surface area is 97.4 Å². The minimum Gasteiger partial charge on any atom is -0.368 e. The van der Waals surface area contributed by atoms with Crippen LogP contribution >= 0.6 is 11.6 Å². The third kappa shape index (κ3) is 4.16. The lowest BCUT2D eigenvalue weighted by Gasteiger charge is -1.95. The summed E-state index contributed by atoms with van der Waals surface area (Å²) in [6.45, 7) is 0. The van der Waals surface area contributed by atoms with Crippen LogP contribution in [0.4, 0.5) is 0 Å². The first kappa shape index (κ1) is 12.3. The second kappa shape index (κ2) is 6.66. The van der Waals surface area contributed by atoms with Gasteiger partial charge in [-0.2, -0.15) is 5.26 Å². The van der Waals surface area contributed by atoms with Crippen LogP contribution in [0.25, 0.3) is 0 Å². The molecular formula is C11H10ClNO3. The standard InChI is InChI=1S/C7H5ClO3.C4H5N/c8-6-3-1-2-5(4-6)7(9)11-10;1-2-4-5-3-1/h1-4,10H;1-5H. The molecule has 0 radical (unpaired) electrons. The third-order valence-corrected chi connectivity index (χ3v) is 1.87. The van der Waals surface area contributed by atoms with Crippen molar-refractivity contribution in [1.29, 1.82) is 0 Å². The number of benzene rings is 1. The van der Waals surface area contributed by atoms with Crippen molar-refractivity contribution in [2.75, 3.05) is 0 Å². The highest BCUT2D eigenvalue weighted by atomic mass is 35.5. The maximum atomic E-state index is 10.6. The van der Waals surface area contributed by atoms with Crippen LogP contribution in [0.2, 0.25) is 5.02 Å². The Balaban J connectivity index is 0.000000212. The molecule has 2 rings (SSSR count). The molecule has 0 spiro atoms. The van der Waals surface area contributed by atoms with Crippen molar-refractivity contribution in [2.45, 2.75) is 0 Å². The van der Waals surface area contributed by atoms with Gasteiger partial charge >= 0.3 is 5.97 Å². The Morgan fingerprint density at radius 2 is 1.94 bits per heavy atom. The summed E-state index contributed by atoms with van der Waals surface area (Å²) in [5, 5.41) is 8.41. The van der Waals surface area contributed by atoms with Crippen LogP contribution in [0.1, 0.15) is 10.4 Å². The van der Waals surface area contributed by atoms with Gasteiger partial charge in [-0.15, -0.1) is 0 Å². The smallest absolute Gasteiger partial charge is 0.368 e. The summed E-state index contributed by atoms with van der Waals surface area (Å²) >= 11 is 5.56. The molecule has 1 heterocycles. The number of halogens is 1. The minimum absolute atomic E-state index is 0.222. The zero-order valence-corrected chi connectivity index (χ0v) is 9.02. The summed E-state index contributed by atoms with van der Waals surface area (Å²) in [5.74, 6) is -0.813. The van der Waals surface area contributed by atoms with E-state index >= 15 is 0 Å². The number of carbonyl (C=O) groups excluding carboxylic acids is 1. The Hall–Kier alpha value is -1.78. The second-order valence-corrected chi connectivity index (χ2v) is 3.21. The molecule has 2 N–H and O–H groups in total. The first-order valence-corrected chi connectivity index (χ1v) is 4.81. The van der Waals surface area contributed by atoms with Crippen molar-refractivity contribution in [1.82, 2.24) is 4.98 Å². The van der Waals surface area contributed by atoms with Crippen molar-refractivity contribution < 1.29 is 14.9 Å². The van der Waals surface area contributed by atoms with Crippen molar-refractivity contribution in [3.8, 4) is 0 Å². The van der Waals surface area contributed by atoms with Crippen LogP contribution < -0.4 is 0 Å². The highest BCUT2D eigenvalue weighted by Crippen LogP contribution is 2.10.